The van der Waals surface area contributed by atoms with Crippen LogP contribution in [0.25, 0.3) is 0 Å². The molecule has 0 saturated carbocycles. The van der Waals surface area contributed by atoms with Gasteiger partial charge in [0.05, 0.1) is 26.5 Å². The number of hydrogen-bond donors (Lipinski definition) is 1. The number of ether oxygens (including phenoxy) is 2. The van der Waals surface area contributed by atoms with Crippen LogP contribution < -0.4 is 14.8 Å². The minimum absolute atomic E-state index is 0.0644. The molecule has 0 bridgehead atoms. The number of benzene rings is 1. The number of aryl methyl sites for hydroxylation is 1. The average molecular weight is 362 g/mol. The molecule has 1 N–H and O–H groups in total. The van der Waals surface area contributed by atoms with E-state index >= 15 is 0 Å². The third kappa shape index (κ3) is 5.47. The zero-order valence-electron chi connectivity index (χ0n) is 15.5. The number of rotatable bonds is 8. The lowest BCUT2D eigenvalue weighted by molar-refractivity contribution is -0.117. The standard InChI is InChI=1S/C19H26N2O3S/c1-13(2)21(11-16-8-6-14(3)25-16)12-19(22)20-17-9-7-15(23-4)10-18(17)24-5/h6-10,13H,11-12H2,1-5H3,(H,20,22). The fourth-order valence-electron chi connectivity index (χ4n) is 2.47. The third-order valence-electron chi connectivity index (χ3n) is 3.91. The second-order valence-electron chi connectivity index (χ2n) is 6.13. The van der Waals surface area contributed by atoms with E-state index in [0.29, 0.717) is 23.7 Å². The zero-order chi connectivity index (χ0) is 18.4. The number of carbonyl (C=O) groups excluding carboxylic acids is 1. The molecule has 0 fully saturated rings. The first-order valence-corrected chi connectivity index (χ1v) is 9.05. The first-order valence-electron chi connectivity index (χ1n) is 8.24. The largest absolute Gasteiger partial charge is 0.497 e. The minimum Gasteiger partial charge on any atom is -0.497 e. The van der Waals surface area contributed by atoms with Crippen molar-refractivity contribution in [1.82, 2.24) is 4.90 Å². The highest BCUT2D eigenvalue weighted by Crippen LogP contribution is 2.29. The fraction of sp³-hybridized carbons (Fsp3) is 0.421. The Hall–Kier alpha value is -2.05. The van der Waals surface area contributed by atoms with E-state index in [2.05, 4.69) is 43.1 Å². The van der Waals surface area contributed by atoms with Gasteiger partial charge in [-0.25, -0.2) is 0 Å². The van der Waals surface area contributed by atoms with Crippen LogP contribution in [0.1, 0.15) is 23.6 Å². The van der Waals surface area contributed by atoms with E-state index in [1.807, 2.05) is 0 Å². The summed E-state index contributed by atoms with van der Waals surface area (Å²) in [6, 6.07) is 9.85. The van der Waals surface area contributed by atoms with Gasteiger partial charge in [0.15, 0.2) is 0 Å². The summed E-state index contributed by atoms with van der Waals surface area (Å²) in [7, 11) is 3.17. The first kappa shape index (κ1) is 19.3. The molecule has 5 nitrogen and oxygen atoms in total. The van der Waals surface area contributed by atoms with Crippen molar-refractivity contribution < 1.29 is 14.3 Å². The fourth-order valence-corrected chi connectivity index (χ4v) is 3.38. The SMILES string of the molecule is COc1ccc(NC(=O)CN(Cc2ccc(C)s2)C(C)C)c(OC)c1. The van der Waals surface area contributed by atoms with Crippen LogP contribution in [0.5, 0.6) is 11.5 Å². The summed E-state index contributed by atoms with van der Waals surface area (Å²) in [6.45, 7) is 7.38. The van der Waals surface area contributed by atoms with E-state index in [-0.39, 0.29) is 11.9 Å². The maximum atomic E-state index is 12.5. The van der Waals surface area contributed by atoms with Gasteiger partial charge in [-0.1, -0.05) is 0 Å². The molecule has 2 aromatic rings. The zero-order valence-corrected chi connectivity index (χ0v) is 16.3. The quantitative estimate of drug-likeness (QED) is 0.773. The Labute approximate surface area is 153 Å². The van der Waals surface area contributed by atoms with E-state index in [4.69, 9.17) is 9.47 Å². The number of anilines is 1. The Bertz CT molecular complexity index is 712. The van der Waals surface area contributed by atoms with Gasteiger partial charge in [0, 0.05) is 28.4 Å². The predicted molar refractivity (Wildman–Crippen MR) is 103 cm³/mol. The van der Waals surface area contributed by atoms with Gasteiger partial charge < -0.3 is 14.8 Å². The van der Waals surface area contributed by atoms with E-state index in [9.17, 15) is 4.79 Å². The van der Waals surface area contributed by atoms with Gasteiger partial charge in [-0.15, -0.1) is 11.3 Å². The number of carbonyl (C=O) groups is 1. The highest BCUT2D eigenvalue weighted by atomic mass is 32.1. The molecule has 0 aliphatic rings. The smallest absolute Gasteiger partial charge is 0.238 e. The molecule has 0 unspecified atom stereocenters. The second kappa shape index (κ2) is 8.87. The van der Waals surface area contributed by atoms with Crippen molar-refractivity contribution in [3.63, 3.8) is 0 Å². The van der Waals surface area contributed by atoms with Crippen molar-refractivity contribution in [2.24, 2.45) is 0 Å². The van der Waals surface area contributed by atoms with Crippen LogP contribution in [-0.2, 0) is 11.3 Å². The van der Waals surface area contributed by atoms with Gasteiger partial charge in [0.25, 0.3) is 0 Å². The summed E-state index contributed by atoms with van der Waals surface area (Å²) in [5, 5.41) is 2.93. The number of methoxy groups -OCH3 is 2. The summed E-state index contributed by atoms with van der Waals surface area (Å²) in [5.74, 6) is 1.20. The number of thiophene rings is 1. The summed E-state index contributed by atoms with van der Waals surface area (Å²) in [5.41, 5.74) is 0.643. The van der Waals surface area contributed by atoms with Gasteiger partial charge in [0.2, 0.25) is 5.91 Å². The molecule has 136 valence electrons. The van der Waals surface area contributed by atoms with E-state index in [1.54, 1.807) is 43.8 Å². The summed E-state index contributed by atoms with van der Waals surface area (Å²) in [6.07, 6.45) is 0. The first-order chi connectivity index (χ1) is 11.9. The number of nitrogens with one attached hydrogen (secondary N) is 1. The number of hydrogen-bond acceptors (Lipinski definition) is 5. The molecule has 0 spiro atoms. The summed E-state index contributed by atoms with van der Waals surface area (Å²) >= 11 is 1.77. The molecule has 0 aliphatic heterocycles. The second-order valence-corrected chi connectivity index (χ2v) is 7.50. The van der Waals surface area contributed by atoms with Crippen molar-refractivity contribution in [3.8, 4) is 11.5 Å². The molecule has 0 atom stereocenters. The Morgan fingerprint density at radius 2 is 1.96 bits per heavy atom. The number of nitrogens with zero attached hydrogens (tertiary/aromatic N) is 1. The van der Waals surface area contributed by atoms with Gasteiger partial charge in [-0.3, -0.25) is 9.69 Å². The Kier molecular flexibility index (Phi) is 6.84. The van der Waals surface area contributed by atoms with Crippen molar-refractivity contribution in [1.29, 1.82) is 0 Å². The summed E-state index contributed by atoms with van der Waals surface area (Å²) in [4.78, 5) is 17.2. The Morgan fingerprint density at radius 3 is 2.52 bits per heavy atom. The van der Waals surface area contributed by atoms with Gasteiger partial charge in [-0.05, 0) is 45.0 Å². The van der Waals surface area contributed by atoms with Crippen molar-refractivity contribution in [2.75, 3.05) is 26.1 Å². The molecular formula is C19H26N2O3S. The molecule has 0 radical (unpaired) electrons. The van der Waals surface area contributed by atoms with Crippen LogP contribution in [-0.4, -0.2) is 37.6 Å². The van der Waals surface area contributed by atoms with E-state index in [0.717, 1.165) is 6.54 Å². The molecule has 1 amide bonds. The molecule has 1 aromatic heterocycles. The average Bonchev–Trinajstić information content (AvgIpc) is 2.99. The Morgan fingerprint density at radius 1 is 1.20 bits per heavy atom. The van der Waals surface area contributed by atoms with Crippen LogP contribution >= 0.6 is 11.3 Å². The van der Waals surface area contributed by atoms with E-state index < -0.39 is 0 Å². The highest BCUT2D eigenvalue weighted by Gasteiger charge is 2.17. The molecule has 0 aliphatic carbocycles. The lowest BCUT2D eigenvalue weighted by atomic mass is 10.2. The highest BCUT2D eigenvalue weighted by molar-refractivity contribution is 7.11. The molecular weight excluding hydrogens is 336 g/mol. The maximum absolute atomic E-state index is 12.5. The van der Waals surface area contributed by atoms with Gasteiger partial charge in [-0.2, -0.15) is 0 Å². The van der Waals surface area contributed by atoms with Crippen molar-refractivity contribution in [3.05, 3.63) is 40.1 Å². The lowest BCUT2D eigenvalue weighted by Gasteiger charge is -2.25. The normalized spacial score (nSPS) is 11.0. The third-order valence-corrected chi connectivity index (χ3v) is 4.90. The van der Waals surface area contributed by atoms with Crippen molar-refractivity contribution in [2.45, 2.75) is 33.4 Å². The topological polar surface area (TPSA) is 50.8 Å². The van der Waals surface area contributed by atoms with Crippen LogP contribution in [0.4, 0.5) is 5.69 Å². The molecule has 1 heterocycles. The molecule has 2 rings (SSSR count). The predicted octanol–water partition coefficient (Wildman–Crippen LogP) is 3.92. The van der Waals surface area contributed by atoms with Crippen LogP contribution in [0.3, 0.4) is 0 Å². The minimum atomic E-state index is -0.0644. The van der Waals surface area contributed by atoms with Crippen molar-refractivity contribution >= 4 is 22.9 Å². The molecule has 25 heavy (non-hydrogen) atoms. The lowest BCUT2D eigenvalue weighted by Crippen LogP contribution is -2.37. The molecule has 6 heteroatoms. The Balaban J connectivity index is 2.03. The van der Waals surface area contributed by atoms with Gasteiger partial charge in [0.1, 0.15) is 11.5 Å². The van der Waals surface area contributed by atoms with Crippen LogP contribution in [0, 0.1) is 6.92 Å². The van der Waals surface area contributed by atoms with E-state index in [1.165, 1.54) is 9.75 Å². The summed E-state index contributed by atoms with van der Waals surface area (Å²) < 4.78 is 10.5. The number of amides is 1. The maximum Gasteiger partial charge on any atom is 0.238 e. The van der Waals surface area contributed by atoms with Gasteiger partial charge >= 0.3 is 0 Å². The molecule has 1 aromatic carbocycles. The monoisotopic (exact) mass is 362 g/mol. The molecule has 0 saturated heterocycles. The van der Waals surface area contributed by atoms with Crippen LogP contribution in [0.2, 0.25) is 0 Å². The van der Waals surface area contributed by atoms with Crippen LogP contribution in [0.15, 0.2) is 30.3 Å².